The molecule has 0 bridgehead atoms. The third-order valence-corrected chi connectivity index (χ3v) is 4.85. The van der Waals surface area contributed by atoms with Crippen LogP contribution in [-0.4, -0.2) is 0 Å². The Kier molecular flexibility index (Phi) is 2.79. The Balaban J connectivity index is 2.17. The summed E-state index contributed by atoms with van der Waals surface area (Å²) in [5.41, 5.74) is 1.99. The lowest BCUT2D eigenvalue weighted by molar-refractivity contribution is 0.0582. The van der Waals surface area contributed by atoms with Crippen molar-refractivity contribution in [3.8, 4) is 0 Å². The molecule has 0 aromatic heterocycles. The Hall–Kier alpha value is -0.520. The molecule has 2 aliphatic carbocycles. The second-order valence-corrected chi connectivity index (χ2v) is 6.07. The van der Waals surface area contributed by atoms with E-state index < -0.39 is 0 Å². The molecule has 4 atom stereocenters. The molecule has 0 spiro atoms. The number of allylic oxidation sites excluding steroid dienone is 3. The molecule has 2 aliphatic rings. The van der Waals surface area contributed by atoms with Crippen molar-refractivity contribution in [2.24, 2.45) is 23.2 Å². The van der Waals surface area contributed by atoms with Crippen molar-refractivity contribution in [3.63, 3.8) is 0 Å². The van der Waals surface area contributed by atoms with Gasteiger partial charge in [0.1, 0.15) is 0 Å². The van der Waals surface area contributed by atoms with Gasteiger partial charge in [-0.25, -0.2) is 0 Å². The Morgan fingerprint density at radius 1 is 1.47 bits per heavy atom. The zero-order valence-electron chi connectivity index (χ0n) is 10.4. The summed E-state index contributed by atoms with van der Waals surface area (Å²) < 4.78 is 0. The van der Waals surface area contributed by atoms with Gasteiger partial charge in [-0.2, -0.15) is 0 Å². The first kappa shape index (κ1) is 11.0. The summed E-state index contributed by atoms with van der Waals surface area (Å²) in [6.07, 6.45) is 10.3. The molecule has 2 rings (SSSR count). The predicted molar refractivity (Wildman–Crippen MR) is 66.7 cm³/mol. The number of hydrogen-bond donors (Lipinski definition) is 0. The van der Waals surface area contributed by atoms with Crippen molar-refractivity contribution in [2.45, 2.75) is 46.5 Å². The topological polar surface area (TPSA) is 0 Å². The van der Waals surface area contributed by atoms with Crippen LogP contribution in [0.4, 0.5) is 0 Å². The maximum Gasteiger partial charge on any atom is -0.0205 e. The van der Waals surface area contributed by atoms with Gasteiger partial charge >= 0.3 is 0 Å². The molecule has 0 N–H and O–H groups in total. The fourth-order valence-corrected chi connectivity index (χ4v) is 3.63. The van der Waals surface area contributed by atoms with Crippen molar-refractivity contribution < 1.29 is 0 Å². The highest BCUT2D eigenvalue weighted by Gasteiger charge is 2.42. The molecule has 15 heavy (non-hydrogen) atoms. The van der Waals surface area contributed by atoms with Gasteiger partial charge in [-0.05, 0) is 55.8 Å². The highest BCUT2D eigenvalue weighted by atomic mass is 14.5. The summed E-state index contributed by atoms with van der Waals surface area (Å²) in [6.45, 7) is 11.2. The molecule has 0 heteroatoms. The van der Waals surface area contributed by atoms with Crippen LogP contribution in [0.1, 0.15) is 46.5 Å². The molecular weight excluding hydrogens is 180 g/mol. The first-order valence-corrected chi connectivity index (χ1v) is 6.35. The van der Waals surface area contributed by atoms with Crippen LogP contribution in [0.2, 0.25) is 0 Å². The minimum atomic E-state index is 0.583. The van der Waals surface area contributed by atoms with E-state index in [9.17, 15) is 0 Å². The lowest BCUT2D eigenvalue weighted by Crippen LogP contribution is -2.39. The molecule has 0 heterocycles. The van der Waals surface area contributed by atoms with E-state index in [4.69, 9.17) is 0 Å². The Morgan fingerprint density at radius 2 is 2.20 bits per heavy atom. The van der Waals surface area contributed by atoms with Crippen LogP contribution < -0.4 is 0 Å². The van der Waals surface area contributed by atoms with E-state index in [1.807, 2.05) is 0 Å². The van der Waals surface area contributed by atoms with E-state index in [-0.39, 0.29) is 0 Å². The molecule has 1 saturated carbocycles. The summed E-state index contributed by atoms with van der Waals surface area (Å²) in [6, 6.07) is 0. The van der Waals surface area contributed by atoms with Crippen LogP contribution in [0.5, 0.6) is 0 Å². The Bertz CT molecular complexity index is 286. The molecule has 0 nitrogen and oxygen atoms in total. The largest absolute Gasteiger partial charge is 0.0999 e. The highest BCUT2D eigenvalue weighted by molar-refractivity contribution is 5.10. The molecule has 0 aliphatic heterocycles. The van der Waals surface area contributed by atoms with Crippen LogP contribution in [0.25, 0.3) is 0 Å². The van der Waals surface area contributed by atoms with E-state index in [1.165, 1.54) is 31.3 Å². The van der Waals surface area contributed by atoms with E-state index in [2.05, 4.69) is 39.5 Å². The van der Waals surface area contributed by atoms with Crippen molar-refractivity contribution >= 4 is 0 Å². The van der Waals surface area contributed by atoms with Crippen LogP contribution in [0.3, 0.4) is 0 Å². The Labute approximate surface area is 94.5 Å². The normalized spacial score (nSPS) is 44.9. The van der Waals surface area contributed by atoms with Gasteiger partial charge in [0, 0.05) is 0 Å². The van der Waals surface area contributed by atoms with Gasteiger partial charge in [0.15, 0.2) is 0 Å². The zero-order chi connectivity index (χ0) is 11.1. The smallest absolute Gasteiger partial charge is 0.0205 e. The molecule has 0 unspecified atom stereocenters. The van der Waals surface area contributed by atoms with Crippen LogP contribution in [-0.2, 0) is 0 Å². The van der Waals surface area contributed by atoms with Gasteiger partial charge < -0.3 is 0 Å². The molecule has 0 radical (unpaired) electrons. The van der Waals surface area contributed by atoms with Crippen molar-refractivity contribution in [1.29, 1.82) is 0 Å². The zero-order valence-corrected chi connectivity index (χ0v) is 10.4. The van der Waals surface area contributed by atoms with Gasteiger partial charge in [-0.15, -0.1) is 0 Å². The monoisotopic (exact) mass is 204 g/mol. The average Bonchev–Trinajstić information content (AvgIpc) is 2.17. The van der Waals surface area contributed by atoms with Gasteiger partial charge in [0.05, 0.1) is 0 Å². The van der Waals surface area contributed by atoms with E-state index in [0.29, 0.717) is 5.41 Å². The third-order valence-electron chi connectivity index (χ3n) is 4.85. The van der Waals surface area contributed by atoms with Crippen LogP contribution in [0.15, 0.2) is 24.3 Å². The average molecular weight is 204 g/mol. The summed E-state index contributed by atoms with van der Waals surface area (Å²) >= 11 is 0. The predicted octanol–water partition coefficient (Wildman–Crippen LogP) is 4.58. The maximum absolute atomic E-state index is 4.15. The molecule has 0 aromatic carbocycles. The molecule has 0 aromatic rings. The minimum Gasteiger partial charge on any atom is -0.0999 e. The molecule has 0 saturated heterocycles. The Morgan fingerprint density at radius 3 is 2.87 bits per heavy atom. The highest BCUT2D eigenvalue weighted by Crippen LogP contribution is 2.52. The van der Waals surface area contributed by atoms with E-state index in [1.54, 1.807) is 0 Å². The fourth-order valence-electron chi connectivity index (χ4n) is 3.63. The third kappa shape index (κ3) is 1.91. The lowest BCUT2D eigenvalue weighted by Gasteiger charge is -2.48. The van der Waals surface area contributed by atoms with Gasteiger partial charge in [-0.3, -0.25) is 0 Å². The van der Waals surface area contributed by atoms with E-state index in [0.717, 1.165) is 17.8 Å². The number of rotatable bonds is 1. The minimum absolute atomic E-state index is 0.583. The van der Waals surface area contributed by atoms with Crippen molar-refractivity contribution in [1.82, 2.24) is 0 Å². The van der Waals surface area contributed by atoms with E-state index >= 15 is 0 Å². The second kappa shape index (κ2) is 3.81. The summed E-state index contributed by atoms with van der Waals surface area (Å²) in [5.74, 6) is 2.45. The summed E-state index contributed by atoms with van der Waals surface area (Å²) in [7, 11) is 0. The van der Waals surface area contributed by atoms with Gasteiger partial charge in [0.2, 0.25) is 0 Å². The fraction of sp³-hybridized carbons (Fsp3) is 0.733. The maximum atomic E-state index is 4.15. The summed E-state index contributed by atoms with van der Waals surface area (Å²) in [4.78, 5) is 0. The van der Waals surface area contributed by atoms with Crippen LogP contribution in [0, 0.1) is 23.2 Å². The van der Waals surface area contributed by atoms with Crippen molar-refractivity contribution in [2.75, 3.05) is 0 Å². The lowest BCUT2D eigenvalue weighted by atomic mass is 9.56. The number of hydrogen-bond acceptors (Lipinski definition) is 0. The van der Waals surface area contributed by atoms with Crippen molar-refractivity contribution in [3.05, 3.63) is 24.3 Å². The van der Waals surface area contributed by atoms with Gasteiger partial charge in [-0.1, -0.05) is 38.2 Å². The van der Waals surface area contributed by atoms with Crippen LogP contribution >= 0.6 is 0 Å². The second-order valence-electron chi connectivity index (χ2n) is 6.07. The molecule has 84 valence electrons. The molecular formula is C15H24. The molecule has 1 fully saturated rings. The first-order valence-electron chi connectivity index (χ1n) is 6.35. The summed E-state index contributed by atoms with van der Waals surface area (Å²) in [5, 5.41) is 0. The molecule has 0 amide bonds. The van der Waals surface area contributed by atoms with Gasteiger partial charge in [0.25, 0.3) is 0 Å². The first-order chi connectivity index (χ1) is 7.03. The standard InChI is InChI=1S/C15H24/c1-11(2)13-7-9-15(4)8-5-6-12(3)14(15)10-13/h5-6,12-14H,1,7-10H2,2-4H3/t12-,13+,14+,15-/m0/s1. The SMILES string of the molecule is C=C(C)[C@@H]1CC[C@]2(C)CC=C[C@H](C)[C@H]2C1. The quantitative estimate of drug-likeness (QED) is 0.548. The number of fused-ring (bicyclic) bond motifs is 1.